The Morgan fingerprint density at radius 3 is 2.44 bits per heavy atom. The summed E-state index contributed by atoms with van der Waals surface area (Å²) < 4.78 is 10.3. The van der Waals surface area contributed by atoms with Crippen LogP contribution in [-0.2, 0) is 9.53 Å². The number of aliphatic carboxylic acids is 1. The molecule has 0 aliphatic heterocycles. The van der Waals surface area contributed by atoms with Gasteiger partial charge in [0.05, 0.1) is 13.7 Å². The Balaban J connectivity index is 3.29. The third-order valence-electron chi connectivity index (χ3n) is 2.69. The molecule has 1 rings (SSSR count). The number of hydrogen-bond donors (Lipinski definition) is 1. The third-order valence-corrected chi connectivity index (χ3v) is 2.69. The quantitative estimate of drug-likeness (QED) is 0.815. The Bertz CT molecular complexity index is 475. The van der Waals surface area contributed by atoms with Crippen LogP contribution in [0.4, 0.5) is 0 Å². The second kappa shape index (κ2) is 6.21. The van der Waals surface area contributed by atoms with Crippen molar-refractivity contribution >= 4 is 11.5 Å². The van der Waals surface area contributed by atoms with E-state index >= 15 is 0 Å². The van der Waals surface area contributed by atoms with Gasteiger partial charge in [0.15, 0.2) is 0 Å². The lowest BCUT2D eigenvalue weighted by Crippen LogP contribution is -2.02. The van der Waals surface area contributed by atoms with Crippen LogP contribution in [-0.4, -0.2) is 31.9 Å². The Hall–Kier alpha value is -1.81. The summed E-state index contributed by atoms with van der Waals surface area (Å²) >= 11 is 0. The van der Waals surface area contributed by atoms with E-state index in [-0.39, 0.29) is 6.61 Å². The summed E-state index contributed by atoms with van der Waals surface area (Å²) in [6.07, 6.45) is 1.18. The largest absolute Gasteiger partial charge is 0.496 e. The number of carboxylic acid groups (broad SMARTS) is 1. The summed E-state index contributed by atoms with van der Waals surface area (Å²) in [6, 6.07) is 3.82. The van der Waals surface area contributed by atoms with Gasteiger partial charge in [0.2, 0.25) is 0 Å². The molecule has 0 atom stereocenters. The van der Waals surface area contributed by atoms with E-state index in [9.17, 15) is 4.79 Å². The lowest BCUT2D eigenvalue weighted by atomic mass is 9.97. The molecule has 18 heavy (non-hydrogen) atoms. The van der Waals surface area contributed by atoms with Gasteiger partial charge in [-0.25, -0.2) is 4.79 Å². The highest BCUT2D eigenvalue weighted by molar-refractivity contribution is 5.91. The average Bonchev–Trinajstić information content (AvgIpc) is 2.30. The number of ether oxygens (including phenoxy) is 2. The molecule has 0 spiro atoms. The molecule has 0 aromatic heterocycles. The molecule has 1 aromatic carbocycles. The molecule has 1 aromatic rings. The second-order valence-corrected chi connectivity index (χ2v) is 4.08. The van der Waals surface area contributed by atoms with Crippen molar-refractivity contribution in [2.75, 3.05) is 20.8 Å². The highest BCUT2D eigenvalue weighted by Crippen LogP contribution is 2.27. The molecular formula is C14H18O4. The molecule has 0 heterocycles. The molecule has 0 radical (unpaired) electrons. The van der Waals surface area contributed by atoms with Crippen molar-refractivity contribution in [3.8, 4) is 5.75 Å². The molecule has 4 heteroatoms. The van der Waals surface area contributed by atoms with Crippen molar-refractivity contribution in [1.29, 1.82) is 0 Å². The standard InChI is InChI=1S/C14H18O4/c1-9-6-13(18-4)10(2)5-12(9)11(8-17-3)7-14(15)16/h5-7H,8H2,1-4H3,(H,15,16)/b11-7+. The maximum atomic E-state index is 10.8. The van der Waals surface area contributed by atoms with Gasteiger partial charge < -0.3 is 14.6 Å². The van der Waals surface area contributed by atoms with Crippen LogP contribution in [0.25, 0.3) is 5.57 Å². The van der Waals surface area contributed by atoms with Gasteiger partial charge in [0.25, 0.3) is 0 Å². The number of rotatable bonds is 5. The van der Waals surface area contributed by atoms with Crippen molar-refractivity contribution in [3.05, 3.63) is 34.9 Å². The first-order valence-corrected chi connectivity index (χ1v) is 5.57. The van der Waals surface area contributed by atoms with Crippen LogP contribution in [0, 0.1) is 13.8 Å². The fourth-order valence-electron chi connectivity index (χ4n) is 1.86. The lowest BCUT2D eigenvalue weighted by Gasteiger charge is -2.13. The van der Waals surface area contributed by atoms with Crippen molar-refractivity contribution in [1.82, 2.24) is 0 Å². The van der Waals surface area contributed by atoms with Gasteiger partial charge in [-0.05, 0) is 48.2 Å². The summed E-state index contributed by atoms with van der Waals surface area (Å²) in [6.45, 7) is 4.11. The molecule has 0 saturated carbocycles. The summed E-state index contributed by atoms with van der Waals surface area (Å²) in [4.78, 5) is 10.8. The molecular weight excluding hydrogens is 232 g/mol. The number of methoxy groups -OCH3 is 2. The zero-order valence-electron chi connectivity index (χ0n) is 11.1. The van der Waals surface area contributed by atoms with Crippen LogP contribution in [0.2, 0.25) is 0 Å². The Kier molecular flexibility index (Phi) is 4.92. The van der Waals surface area contributed by atoms with Crippen LogP contribution < -0.4 is 4.74 Å². The molecule has 0 saturated heterocycles. The summed E-state index contributed by atoms with van der Waals surface area (Å²) in [5.74, 6) is -0.182. The van der Waals surface area contributed by atoms with Crippen LogP contribution in [0.1, 0.15) is 16.7 Å². The topological polar surface area (TPSA) is 55.8 Å². The highest BCUT2D eigenvalue weighted by atomic mass is 16.5. The molecule has 0 amide bonds. The average molecular weight is 250 g/mol. The third kappa shape index (κ3) is 3.34. The van der Waals surface area contributed by atoms with Crippen molar-refractivity contribution in [3.63, 3.8) is 0 Å². The fraction of sp³-hybridized carbons (Fsp3) is 0.357. The Labute approximate surface area is 107 Å². The zero-order chi connectivity index (χ0) is 13.7. The van der Waals surface area contributed by atoms with E-state index < -0.39 is 5.97 Å². The van der Waals surface area contributed by atoms with Gasteiger partial charge in [-0.15, -0.1) is 0 Å². The van der Waals surface area contributed by atoms with Gasteiger partial charge in [-0.3, -0.25) is 0 Å². The molecule has 0 fully saturated rings. The predicted molar refractivity (Wildman–Crippen MR) is 70.0 cm³/mol. The predicted octanol–water partition coefficient (Wildman–Crippen LogP) is 2.43. The van der Waals surface area contributed by atoms with Gasteiger partial charge in [0, 0.05) is 13.2 Å². The molecule has 0 aliphatic carbocycles. The smallest absolute Gasteiger partial charge is 0.328 e. The van der Waals surface area contributed by atoms with Crippen LogP contribution >= 0.6 is 0 Å². The van der Waals surface area contributed by atoms with E-state index in [1.54, 1.807) is 14.2 Å². The second-order valence-electron chi connectivity index (χ2n) is 4.08. The molecule has 4 nitrogen and oxygen atoms in total. The van der Waals surface area contributed by atoms with Crippen LogP contribution in [0.5, 0.6) is 5.75 Å². The molecule has 0 aliphatic rings. The first-order chi connectivity index (χ1) is 8.49. The zero-order valence-corrected chi connectivity index (χ0v) is 11.1. The monoisotopic (exact) mass is 250 g/mol. The fourth-order valence-corrected chi connectivity index (χ4v) is 1.86. The Morgan fingerprint density at radius 1 is 1.28 bits per heavy atom. The van der Waals surface area contributed by atoms with E-state index in [1.807, 2.05) is 26.0 Å². The molecule has 0 bridgehead atoms. The number of carboxylic acids is 1. The summed E-state index contributed by atoms with van der Waals surface area (Å²) in [5, 5.41) is 8.88. The first-order valence-electron chi connectivity index (χ1n) is 5.57. The van der Waals surface area contributed by atoms with Gasteiger partial charge in [-0.1, -0.05) is 0 Å². The molecule has 98 valence electrons. The maximum Gasteiger partial charge on any atom is 0.328 e. The SMILES string of the molecule is COC/C(=C\C(=O)O)c1cc(C)c(OC)cc1C. The molecule has 1 N–H and O–H groups in total. The van der Waals surface area contributed by atoms with E-state index in [0.717, 1.165) is 22.4 Å². The number of hydrogen-bond acceptors (Lipinski definition) is 3. The van der Waals surface area contributed by atoms with Gasteiger partial charge in [-0.2, -0.15) is 0 Å². The van der Waals surface area contributed by atoms with E-state index in [1.165, 1.54) is 6.08 Å². The maximum absolute atomic E-state index is 10.8. The van der Waals surface area contributed by atoms with Crippen LogP contribution in [0.3, 0.4) is 0 Å². The number of carbonyl (C=O) groups is 1. The van der Waals surface area contributed by atoms with Crippen molar-refractivity contribution in [2.45, 2.75) is 13.8 Å². The molecule has 0 unspecified atom stereocenters. The minimum absolute atomic E-state index is 0.263. The number of aryl methyl sites for hydroxylation is 2. The summed E-state index contributed by atoms with van der Waals surface area (Å²) in [7, 11) is 3.16. The first kappa shape index (κ1) is 14.3. The minimum Gasteiger partial charge on any atom is -0.496 e. The van der Waals surface area contributed by atoms with E-state index in [4.69, 9.17) is 14.6 Å². The minimum atomic E-state index is -0.977. The highest BCUT2D eigenvalue weighted by Gasteiger charge is 2.10. The van der Waals surface area contributed by atoms with Gasteiger partial charge in [0.1, 0.15) is 5.75 Å². The van der Waals surface area contributed by atoms with Gasteiger partial charge >= 0.3 is 5.97 Å². The van der Waals surface area contributed by atoms with Crippen molar-refractivity contribution < 1.29 is 19.4 Å². The number of benzene rings is 1. The lowest BCUT2D eigenvalue weighted by molar-refractivity contribution is -0.131. The van der Waals surface area contributed by atoms with E-state index in [0.29, 0.717) is 5.57 Å². The van der Waals surface area contributed by atoms with E-state index in [2.05, 4.69) is 0 Å². The normalized spacial score (nSPS) is 11.4. The Morgan fingerprint density at radius 2 is 1.94 bits per heavy atom. The van der Waals surface area contributed by atoms with Crippen molar-refractivity contribution in [2.24, 2.45) is 0 Å². The summed E-state index contributed by atoms with van der Waals surface area (Å²) in [5.41, 5.74) is 3.44. The van der Waals surface area contributed by atoms with Crippen LogP contribution in [0.15, 0.2) is 18.2 Å².